The fourth-order valence-corrected chi connectivity index (χ4v) is 12.2. The zero-order chi connectivity index (χ0) is 44.3. The van der Waals surface area contributed by atoms with Crippen LogP contribution in [0.15, 0.2) is 247 Å². The topological polar surface area (TPSA) is 3.24 Å². The van der Waals surface area contributed by atoms with E-state index in [1.807, 2.05) is 31.7 Å². The van der Waals surface area contributed by atoms with Crippen LogP contribution in [0.4, 0.5) is 11.4 Å². The van der Waals surface area contributed by atoms with Crippen molar-refractivity contribution in [3.63, 3.8) is 0 Å². The van der Waals surface area contributed by atoms with Gasteiger partial charge in [0.2, 0.25) is 0 Å². The predicted molar refractivity (Wildman–Crippen MR) is 279 cm³/mol. The van der Waals surface area contributed by atoms with Gasteiger partial charge in [0.1, 0.15) is 0 Å². The summed E-state index contributed by atoms with van der Waals surface area (Å²) in [5, 5.41) is 0.385. The van der Waals surface area contributed by atoms with Crippen LogP contribution in [0.5, 0.6) is 0 Å². The van der Waals surface area contributed by atoms with Gasteiger partial charge in [-0.3, -0.25) is 0 Å². The van der Waals surface area contributed by atoms with Crippen LogP contribution in [0.1, 0.15) is 96.4 Å². The first-order valence-corrected chi connectivity index (χ1v) is 24.5. The zero-order valence-electron chi connectivity index (χ0n) is 37.8. The van der Waals surface area contributed by atoms with Gasteiger partial charge in [-0.2, -0.15) is 0 Å². The third-order valence-electron chi connectivity index (χ3n) is 14.0. The van der Waals surface area contributed by atoms with E-state index in [4.69, 9.17) is 0 Å². The van der Waals surface area contributed by atoms with E-state index < -0.39 is 5.41 Å². The number of fused-ring (bicyclic) bond motifs is 6. The number of para-hydroxylation sites is 2. The molecular weight excluding hydrogens is 803 g/mol. The molecule has 0 saturated heterocycles. The molecule has 0 fully saturated rings. The fourth-order valence-electron chi connectivity index (χ4n) is 11.2. The maximum Gasteiger partial charge on any atom is 0.0742 e. The SMILES string of the molecule is C=C/C(=C\C=C/C)C(c1ccccc1)c1ccc(C2(c3ccc(SC4C=CC(c5ccccc5)=CC4)cc3)c3ccccc3N3c4c(cccc42)C2C4=C(C=CCC4)C=C[C@@H]23)cc1.CC. The number of hydrogen-bond acceptors (Lipinski definition) is 2. The highest BCUT2D eigenvalue weighted by Crippen LogP contribution is 2.63. The van der Waals surface area contributed by atoms with Crippen molar-refractivity contribution >= 4 is 28.7 Å². The average Bonchev–Trinajstić information content (AvgIpc) is 3.73. The van der Waals surface area contributed by atoms with Gasteiger partial charge in [0.15, 0.2) is 0 Å². The lowest BCUT2D eigenvalue weighted by Gasteiger charge is -2.46. The molecule has 0 saturated carbocycles. The van der Waals surface area contributed by atoms with Crippen molar-refractivity contribution in [1.82, 2.24) is 0 Å². The lowest BCUT2D eigenvalue weighted by molar-refractivity contribution is 0.655. The van der Waals surface area contributed by atoms with Crippen molar-refractivity contribution < 1.29 is 0 Å². The fraction of sp³-hybridized carbons (Fsp3) is 0.175. The summed E-state index contributed by atoms with van der Waals surface area (Å²) in [6.07, 6.45) is 28.3. The Morgan fingerprint density at radius 1 is 0.723 bits per heavy atom. The summed E-state index contributed by atoms with van der Waals surface area (Å²) in [6.45, 7) is 10.4. The lowest BCUT2D eigenvalue weighted by Crippen LogP contribution is -2.41. The Hall–Kier alpha value is -6.61. The number of hydrogen-bond donors (Lipinski definition) is 0. The van der Waals surface area contributed by atoms with E-state index in [1.54, 1.807) is 5.57 Å². The Labute approximate surface area is 391 Å². The Morgan fingerprint density at radius 3 is 2.14 bits per heavy atom. The van der Waals surface area contributed by atoms with Crippen LogP contribution < -0.4 is 4.90 Å². The zero-order valence-corrected chi connectivity index (χ0v) is 38.6. The van der Waals surface area contributed by atoms with Crippen LogP contribution >= 0.6 is 11.8 Å². The van der Waals surface area contributed by atoms with E-state index in [0.29, 0.717) is 11.2 Å². The molecule has 0 N–H and O–H groups in total. The molecule has 6 aromatic rings. The number of allylic oxidation sites excluding steroid dienone is 12. The van der Waals surface area contributed by atoms with Gasteiger partial charge in [-0.1, -0.05) is 226 Å². The van der Waals surface area contributed by atoms with Crippen LogP contribution in [0.2, 0.25) is 0 Å². The third kappa shape index (κ3) is 7.39. The molecule has 0 spiro atoms. The van der Waals surface area contributed by atoms with E-state index in [-0.39, 0.29) is 12.0 Å². The molecule has 0 amide bonds. The Bertz CT molecular complexity index is 2920. The second-order valence-corrected chi connectivity index (χ2v) is 18.6. The average molecular weight is 860 g/mol. The first-order chi connectivity index (χ1) is 32.2. The van der Waals surface area contributed by atoms with Crippen LogP contribution in [0.25, 0.3) is 5.57 Å². The van der Waals surface area contributed by atoms with Gasteiger partial charge >= 0.3 is 0 Å². The van der Waals surface area contributed by atoms with Gasteiger partial charge in [0.05, 0.1) is 17.1 Å². The van der Waals surface area contributed by atoms with Crippen molar-refractivity contribution in [3.05, 3.63) is 286 Å². The largest absolute Gasteiger partial charge is 0.333 e. The predicted octanol–water partition coefficient (Wildman–Crippen LogP) is 16.6. The van der Waals surface area contributed by atoms with Gasteiger partial charge in [-0.05, 0) is 106 Å². The summed E-state index contributed by atoms with van der Waals surface area (Å²) in [7, 11) is 0. The Balaban J connectivity index is 0.00000246. The second kappa shape index (κ2) is 18.5. The van der Waals surface area contributed by atoms with Crippen LogP contribution in [-0.2, 0) is 5.41 Å². The maximum atomic E-state index is 4.29. The van der Waals surface area contributed by atoms with E-state index in [0.717, 1.165) is 19.3 Å². The van der Waals surface area contributed by atoms with Crippen LogP contribution in [-0.4, -0.2) is 11.3 Å². The molecule has 4 unspecified atom stereocenters. The lowest BCUT2D eigenvalue weighted by atomic mass is 9.62. The molecule has 0 radical (unpaired) electrons. The third-order valence-corrected chi connectivity index (χ3v) is 15.2. The highest BCUT2D eigenvalue weighted by atomic mass is 32.2. The first kappa shape index (κ1) is 42.3. The quantitative estimate of drug-likeness (QED) is 0.126. The van der Waals surface area contributed by atoms with E-state index in [2.05, 4.69) is 231 Å². The number of thioether (sulfide) groups is 1. The minimum absolute atomic E-state index is 0.0469. The Kier molecular flexibility index (Phi) is 12.0. The number of rotatable bonds is 10. The summed E-state index contributed by atoms with van der Waals surface area (Å²) >= 11 is 1.96. The number of anilines is 2. The summed E-state index contributed by atoms with van der Waals surface area (Å²) in [5.74, 6) is 0.369. The van der Waals surface area contributed by atoms with E-state index in [9.17, 15) is 0 Å². The molecule has 0 aromatic heterocycles. The number of nitrogens with zero attached hydrogens (tertiary/aromatic N) is 1. The van der Waals surface area contributed by atoms with Gasteiger partial charge in [0.25, 0.3) is 0 Å². The molecule has 2 heteroatoms. The van der Waals surface area contributed by atoms with Gasteiger partial charge in [-0.15, -0.1) is 11.8 Å². The van der Waals surface area contributed by atoms with E-state index in [1.165, 1.54) is 77.5 Å². The minimum atomic E-state index is -0.566. The standard InChI is InChI=1S/C61H51NS.C2H6/c1-3-5-17-42(4-2)58(46-21-10-7-11-22-46)47-28-33-48(34-29-47)61(49-35-39-51(40-36-49)63-50-37-30-44(31-38-50)43-18-8-6-9-19-43)54-25-14-15-27-56(54)62-57-41-32-45-20-12-13-23-52(45)59(57)53-24-16-26-55(61)60(53)62;1-2/h3-12,14-22,24-37,39-41,50,57-59H,2,13,23,38H2,1H3;1-2H3/b5-3-,42-17+;/t50?,57-,58?,59?,61?;/m0./s1. The van der Waals surface area contributed by atoms with Crippen LogP contribution in [0, 0.1) is 0 Å². The van der Waals surface area contributed by atoms with Crippen molar-refractivity contribution in [2.45, 2.75) is 73.5 Å². The Morgan fingerprint density at radius 2 is 1.42 bits per heavy atom. The molecule has 3 aliphatic carbocycles. The highest BCUT2D eigenvalue weighted by molar-refractivity contribution is 8.00. The molecule has 0 bridgehead atoms. The smallest absolute Gasteiger partial charge is 0.0742 e. The molecule has 320 valence electrons. The van der Waals surface area contributed by atoms with E-state index >= 15 is 0 Å². The molecule has 2 heterocycles. The second-order valence-electron chi connectivity index (χ2n) is 17.3. The van der Waals surface area contributed by atoms with Crippen LogP contribution in [0.3, 0.4) is 0 Å². The first-order valence-electron chi connectivity index (χ1n) is 23.6. The normalized spacial score (nSPS) is 21.7. The molecular formula is C63H57NS. The molecule has 2 aliphatic heterocycles. The molecule has 11 rings (SSSR count). The van der Waals surface area contributed by atoms with Crippen molar-refractivity contribution in [3.8, 4) is 0 Å². The highest BCUT2D eigenvalue weighted by Gasteiger charge is 2.53. The molecule has 65 heavy (non-hydrogen) atoms. The summed E-state index contributed by atoms with van der Waals surface area (Å²) in [5.41, 5.74) is 18.1. The van der Waals surface area contributed by atoms with Gasteiger partial charge in [-0.25, -0.2) is 0 Å². The monoisotopic (exact) mass is 859 g/mol. The van der Waals surface area contributed by atoms with Crippen molar-refractivity contribution in [2.75, 3.05) is 4.90 Å². The number of benzene rings is 6. The summed E-state index contributed by atoms with van der Waals surface area (Å²) in [4.78, 5) is 3.98. The van der Waals surface area contributed by atoms with Gasteiger partial charge < -0.3 is 4.90 Å². The van der Waals surface area contributed by atoms with Crippen molar-refractivity contribution in [1.29, 1.82) is 0 Å². The summed E-state index contributed by atoms with van der Waals surface area (Å²) < 4.78 is 0. The minimum Gasteiger partial charge on any atom is -0.333 e. The molecule has 1 nitrogen and oxygen atoms in total. The van der Waals surface area contributed by atoms with Gasteiger partial charge in [0, 0.05) is 27.7 Å². The molecule has 5 aliphatic rings. The summed E-state index contributed by atoms with van der Waals surface area (Å²) in [6, 6.07) is 57.5. The maximum absolute atomic E-state index is 4.29. The molecule has 5 atom stereocenters. The molecule has 6 aromatic carbocycles. The van der Waals surface area contributed by atoms with Crippen molar-refractivity contribution in [2.24, 2.45) is 0 Å².